The van der Waals surface area contributed by atoms with E-state index in [2.05, 4.69) is 22.5 Å². The van der Waals surface area contributed by atoms with Gasteiger partial charge in [0.05, 0.1) is 5.56 Å². The molecule has 0 bridgehead atoms. The van der Waals surface area contributed by atoms with Gasteiger partial charge in [0, 0.05) is 19.3 Å². The summed E-state index contributed by atoms with van der Waals surface area (Å²) >= 11 is 0. The normalized spacial score (nSPS) is 23.4. The number of amides is 1. The minimum absolute atomic E-state index is 0.0212. The molecule has 0 spiro atoms. The molecule has 86 valence electrons. The van der Waals surface area contributed by atoms with Gasteiger partial charge in [-0.1, -0.05) is 6.92 Å². The topological polar surface area (TPSA) is 54.0 Å². The Morgan fingerprint density at radius 2 is 2.19 bits per heavy atom. The Balaban J connectivity index is 1.93. The van der Waals surface area contributed by atoms with E-state index in [-0.39, 0.29) is 5.91 Å². The Morgan fingerprint density at radius 1 is 1.44 bits per heavy atom. The highest BCUT2D eigenvalue weighted by atomic mass is 16.1. The standard InChI is InChI=1S/C12H17N3O/c1-8-5-10(6-8)15-12(16)9-3-4-11(13-2)14-7-9/h3-4,7-8,10H,5-6H2,1-2H3,(H,13,14)(H,15,16). The van der Waals surface area contributed by atoms with Gasteiger partial charge >= 0.3 is 0 Å². The lowest BCUT2D eigenvalue weighted by Gasteiger charge is -2.33. The van der Waals surface area contributed by atoms with Crippen LogP contribution in [0.4, 0.5) is 5.82 Å². The highest BCUT2D eigenvalue weighted by Crippen LogP contribution is 2.26. The fourth-order valence-electron chi connectivity index (χ4n) is 1.97. The van der Waals surface area contributed by atoms with E-state index in [0.717, 1.165) is 24.6 Å². The summed E-state index contributed by atoms with van der Waals surface area (Å²) < 4.78 is 0. The fourth-order valence-corrected chi connectivity index (χ4v) is 1.97. The molecule has 0 aromatic carbocycles. The van der Waals surface area contributed by atoms with Crippen LogP contribution >= 0.6 is 0 Å². The van der Waals surface area contributed by atoms with Crippen molar-refractivity contribution < 1.29 is 4.79 Å². The van der Waals surface area contributed by atoms with E-state index in [0.29, 0.717) is 11.6 Å². The zero-order chi connectivity index (χ0) is 11.5. The second-order valence-corrected chi connectivity index (χ2v) is 4.43. The largest absolute Gasteiger partial charge is 0.373 e. The first-order chi connectivity index (χ1) is 7.69. The molecule has 0 unspecified atom stereocenters. The average Bonchev–Trinajstić information content (AvgIpc) is 2.27. The molecule has 2 N–H and O–H groups in total. The number of pyridine rings is 1. The number of nitrogens with one attached hydrogen (secondary N) is 2. The number of carbonyl (C=O) groups is 1. The maximum Gasteiger partial charge on any atom is 0.253 e. The summed E-state index contributed by atoms with van der Waals surface area (Å²) in [6.45, 7) is 2.20. The number of hydrogen-bond acceptors (Lipinski definition) is 3. The van der Waals surface area contributed by atoms with Crippen molar-refractivity contribution in [2.24, 2.45) is 5.92 Å². The third kappa shape index (κ3) is 2.32. The van der Waals surface area contributed by atoms with Gasteiger partial charge in [0.15, 0.2) is 0 Å². The van der Waals surface area contributed by atoms with E-state index in [1.165, 1.54) is 0 Å². The van der Waals surface area contributed by atoms with Gasteiger partial charge in [-0.2, -0.15) is 0 Å². The number of hydrogen-bond donors (Lipinski definition) is 2. The lowest BCUT2D eigenvalue weighted by molar-refractivity contribution is 0.0896. The Morgan fingerprint density at radius 3 is 2.69 bits per heavy atom. The van der Waals surface area contributed by atoms with Crippen LogP contribution < -0.4 is 10.6 Å². The Hall–Kier alpha value is -1.58. The predicted octanol–water partition coefficient (Wildman–Crippen LogP) is 1.65. The number of anilines is 1. The van der Waals surface area contributed by atoms with Gasteiger partial charge in [0.25, 0.3) is 5.91 Å². The van der Waals surface area contributed by atoms with E-state index in [1.807, 2.05) is 0 Å². The minimum atomic E-state index is -0.0212. The van der Waals surface area contributed by atoms with Crippen molar-refractivity contribution in [2.75, 3.05) is 12.4 Å². The van der Waals surface area contributed by atoms with Crippen molar-refractivity contribution in [3.05, 3.63) is 23.9 Å². The summed E-state index contributed by atoms with van der Waals surface area (Å²) in [5.74, 6) is 1.50. The van der Waals surface area contributed by atoms with Gasteiger partial charge in [-0.05, 0) is 30.9 Å². The quantitative estimate of drug-likeness (QED) is 0.812. The molecule has 4 nitrogen and oxygen atoms in total. The van der Waals surface area contributed by atoms with E-state index in [1.54, 1.807) is 25.4 Å². The summed E-state index contributed by atoms with van der Waals surface area (Å²) in [4.78, 5) is 15.9. The summed E-state index contributed by atoms with van der Waals surface area (Å²) in [6, 6.07) is 3.95. The molecule has 1 aliphatic carbocycles. The van der Waals surface area contributed by atoms with Crippen LogP contribution in [0.5, 0.6) is 0 Å². The first kappa shape index (κ1) is 10.9. The molecular formula is C12H17N3O. The van der Waals surface area contributed by atoms with Crippen LogP contribution in [0.15, 0.2) is 18.3 Å². The molecule has 0 radical (unpaired) electrons. The van der Waals surface area contributed by atoms with Gasteiger partial charge in [0.2, 0.25) is 0 Å². The van der Waals surface area contributed by atoms with Gasteiger partial charge in [0.1, 0.15) is 5.82 Å². The maximum atomic E-state index is 11.8. The Bertz CT molecular complexity index is 368. The highest BCUT2D eigenvalue weighted by molar-refractivity contribution is 5.94. The second-order valence-electron chi connectivity index (χ2n) is 4.43. The molecule has 1 aliphatic rings. The fraction of sp³-hybridized carbons (Fsp3) is 0.500. The van der Waals surface area contributed by atoms with Crippen molar-refractivity contribution in [3.8, 4) is 0 Å². The Kier molecular flexibility index (Phi) is 3.08. The van der Waals surface area contributed by atoms with Gasteiger partial charge in [-0.3, -0.25) is 4.79 Å². The lowest BCUT2D eigenvalue weighted by Crippen LogP contribution is -2.43. The molecule has 1 aromatic heterocycles. The monoisotopic (exact) mass is 219 g/mol. The Labute approximate surface area is 95.5 Å². The minimum Gasteiger partial charge on any atom is -0.373 e. The first-order valence-electron chi connectivity index (χ1n) is 5.63. The highest BCUT2D eigenvalue weighted by Gasteiger charge is 2.26. The van der Waals surface area contributed by atoms with E-state index >= 15 is 0 Å². The maximum absolute atomic E-state index is 11.8. The van der Waals surface area contributed by atoms with Gasteiger partial charge < -0.3 is 10.6 Å². The second kappa shape index (κ2) is 4.51. The molecular weight excluding hydrogens is 202 g/mol. The summed E-state index contributed by atoms with van der Waals surface area (Å²) in [5, 5.41) is 5.92. The van der Waals surface area contributed by atoms with Crippen molar-refractivity contribution in [3.63, 3.8) is 0 Å². The molecule has 1 fully saturated rings. The van der Waals surface area contributed by atoms with Crippen LogP contribution in [0, 0.1) is 5.92 Å². The van der Waals surface area contributed by atoms with Gasteiger partial charge in [-0.25, -0.2) is 4.98 Å². The van der Waals surface area contributed by atoms with Crippen LogP contribution in [-0.2, 0) is 0 Å². The third-order valence-corrected chi connectivity index (χ3v) is 2.99. The number of rotatable bonds is 3. The zero-order valence-corrected chi connectivity index (χ0v) is 9.66. The number of aromatic nitrogens is 1. The first-order valence-corrected chi connectivity index (χ1v) is 5.63. The molecule has 1 saturated carbocycles. The summed E-state index contributed by atoms with van der Waals surface area (Å²) in [7, 11) is 1.80. The van der Waals surface area contributed by atoms with E-state index in [4.69, 9.17) is 0 Å². The van der Waals surface area contributed by atoms with Crippen molar-refractivity contribution in [2.45, 2.75) is 25.8 Å². The van der Waals surface area contributed by atoms with E-state index in [9.17, 15) is 4.79 Å². The molecule has 0 aliphatic heterocycles. The van der Waals surface area contributed by atoms with Crippen LogP contribution in [0.2, 0.25) is 0 Å². The number of nitrogens with zero attached hydrogens (tertiary/aromatic N) is 1. The molecule has 0 atom stereocenters. The van der Waals surface area contributed by atoms with Crippen LogP contribution in [0.25, 0.3) is 0 Å². The van der Waals surface area contributed by atoms with Crippen LogP contribution in [0.3, 0.4) is 0 Å². The third-order valence-electron chi connectivity index (χ3n) is 2.99. The smallest absolute Gasteiger partial charge is 0.253 e. The van der Waals surface area contributed by atoms with Crippen LogP contribution in [-0.4, -0.2) is 24.0 Å². The van der Waals surface area contributed by atoms with Crippen molar-refractivity contribution >= 4 is 11.7 Å². The summed E-state index contributed by atoms with van der Waals surface area (Å²) in [5.41, 5.74) is 0.624. The lowest BCUT2D eigenvalue weighted by atomic mass is 9.82. The number of carbonyl (C=O) groups excluding carboxylic acids is 1. The molecule has 2 rings (SSSR count). The molecule has 1 aromatic rings. The summed E-state index contributed by atoms with van der Waals surface area (Å²) in [6.07, 6.45) is 3.78. The van der Waals surface area contributed by atoms with Crippen LogP contribution in [0.1, 0.15) is 30.1 Å². The molecule has 16 heavy (non-hydrogen) atoms. The predicted molar refractivity (Wildman–Crippen MR) is 63.4 cm³/mol. The zero-order valence-electron chi connectivity index (χ0n) is 9.66. The molecule has 0 saturated heterocycles. The molecule has 1 heterocycles. The van der Waals surface area contributed by atoms with E-state index < -0.39 is 0 Å². The van der Waals surface area contributed by atoms with Crippen molar-refractivity contribution in [1.82, 2.24) is 10.3 Å². The molecule has 1 amide bonds. The SMILES string of the molecule is CNc1ccc(C(=O)NC2CC(C)C2)cn1. The van der Waals surface area contributed by atoms with Gasteiger partial charge in [-0.15, -0.1) is 0 Å². The van der Waals surface area contributed by atoms with Crippen molar-refractivity contribution in [1.29, 1.82) is 0 Å². The molecule has 4 heteroatoms. The average molecular weight is 219 g/mol.